The summed E-state index contributed by atoms with van der Waals surface area (Å²) < 4.78 is 1.04. The molecule has 2 aromatic carbocycles. The number of benzene rings is 2. The molecular weight excluding hydrogens is 260 g/mol. The van der Waals surface area contributed by atoms with E-state index in [0.717, 1.165) is 15.6 Å². The fourth-order valence-electron chi connectivity index (χ4n) is 1.40. The SMILES string of the molecule is Cc1ccc(Br)c(C#Cc2ccccc2)c1. The Morgan fingerprint density at radius 2 is 1.69 bits per heavy atom. The average molecular weight is 271 g/mol. The van der Waals surface area contributed by atoms with E-state index in [2.05, 4.69) is 46.8 Å². The van der Waals surface area contributed by atoms with Crippen LogP contribution in [0.2, 0.25) is 0 Å². The molecule has 0 amide bonds. The first-order valence-corrected chi connectivity index (χ1v) is 5.88. The molecule has 16 heavy (non-hydrogen) atoms. The summed E-state index contributed by atoms with van der Waals surface area (Å²) in [6.07, 6.45) is 0. The Morgan fingerprint density at radius 1 is 0.938 bits per heavy atom. The highest BCUT2D eigenvalue weighted by atomic mass is 79.9. The Bertz CT molecular complexity index is 545. The standard InChI is InChI=1S/C15H11Br/c1-12-7-10-15(16)14(11-12)9-8-13-5-3-2-4-6-13/h2-7,10-11H,1H3. The lowest BCUT2D eigenvalue weighted by atomic mass is 10.1. The van der Waals surface area contributed by atoms with Crippen LogP contribution < -0.4 is 0 Å². The molecule has 0 aliphatic rings. The van der Waals surface area contributed by atoms with Crippen molar-refractivity contribution in [2.75, 3.05) is 0 Å². The Balaban J connectivity index is 2.34. The predicted octanol–water partition coefficient (Wildman–Crippen LogP) is 4.16. The smallest absolute Gasteiger partial charge is 0.0393 e. The summed E-state index contributed by atoms with van der Waals surface area (Å²) in [5.41, 5.74) is 3.29. The summed E-state index contributed by atoms with van der Waals surface area (Å²) in [7, 11) is 0. The van der Waals surface area contributed by atoms with Gasteiger partial charge in [-0.25, -0.2) is 0 Å². The first-order chi connectivity index (χ1) is 7.75. The van der Waals surface area contributed by atoms with E-state index in [9.17, 15) is 0 Å². The molecule has 0 radical (unpaired) electrons. The van der Waals surface area contributed by atoms with Crippen molar-refractivity contribution < 1.29 is 0 Å². The largest absolute Gasteiger partial charge is 0.0622 e. The van der Waals surface area contributed by atoms with E-state index in [1.165, 1.54) is 5.56 Å². The highest BCUT2D eigenvalue weighted by Crippen LogP contribution is 2.16. The second-order valence-corrected chi connectivity index (χ2v) is 4.45. The number of aryl methyl sites for hydroxylation is 1. The Labute approximate surface area is 104 Å². The lowest BCUT2D eigenvalue weighted by Crippen LogP contribution is -1.80. The first-order valence-electron chi connectivity index (χ1n) is 5.09. The average Bonchev–Trinajstić information content (AvgIpc) is 2.32. The molecule has 0 atom stereocenters. The summed E-state index contributed by atoms with van der Waals surface area (Å²) in [5.74, 6) is 6.32. The van der Waals surface area contributed by atoms with E-state index >= 15 is 0 Å². The zero-order valence-corrected chi connectivity index (χ0v) is 10.6. The molecule has 0 saturated heterocycles. The number of hydrogen-bond acceptors (Lipinski definition) is 0. The minimum Gasteiger partial charge on any atom is -0.0622 e. The molecule has 0 aromatic heterocycles. The zero-order chi connectivity index (χ0) is 11.4. The zero-order valence-electron chi connectivity index (χ0n) is 9.00. The van der Waals surface area contributed by atoms with E-state index in [4.69, 9.17) is 0 Å². The summed E-state index contributed by atoms with van der Waals surface area (Å²) in [5, 5.41) is 0. The maximum absolute atomic E-state index is 3.50. The van der Waals surface area contributed by atoms with Crippen LogP contribution in [0.15, 0.2) is 53.0 Å². The molecule has 0 nitrogen and oxygen atoms in total. The Kier molecular flexibility index (Phi) is 3.44. The van der Waals surface area contributed by atoms with Gasteiger partial charge in [-0.05, 0) is 52.7 Å². The lowest BCUT2D eigenvalue weighted by molar-refractivity contribution is 1.43. The van der Waals surface area contributed by atoms with Gasteiger partial charge in [-0.15, -0.1) is 0 Å². The third-order valence-corrected chi connectivity index (χ3v) is 2.93. The summed E-state index contributed by atoms with van der Waals surface area (Å²) in [6, 6.07) is 16.2. The van der Waals surface area contributed by atoms with Crippen LogP contribution in [-0.4, -0.2) is 0 Å². The van der Waals surface area contributed by atoms with Crippen molar-refractivity contribution in [3.63, 3.8) is 0 Å². The summed E-state index contributed by atoms with van der Waals surface area (Å²) in [6.45, 7) is 2.07. The Hall–Kier alpha value is -1.52. The minimum atomic E-state index is 1.03. The predicted molar refractivity (Wildman–Crippen MR) is 71.3 cm³/mol. The van der Waals surface area contributed by atoms with Gasteiger partial charge in [-0.3, -0.25) is 0 Å². The molecule has 2 rings (SSSR count). The van der Waals surface area contributed by atoms with Gasteiger partial charge in [0.15, 0.2) is 0 Å². The number of halogens is 1. The molecule has 78 valence electrons. The van der Waals surface area contributed by atoms with Gasteiger partial charge >= 0.3 is 0 Å². The topological polar surface area (TPSA) is 0 Å². The maximum Gasteiger partial charge on any atom is 0.0393 e. The number of hydrogen-bond donors (Lipinski definition) is 0. The van der Waals surface area contributed by atoms with Crippen molar-refractivity contribution in [1.29, 1.82) is 0 Å². The van der Waals surface area contributed by atoms with Crippen molar-refractivity contribution in [1.82, 2.24) is 0 Å². The van der Waals surface area contributed by atoms with Gasteiger partial charge in [0.25, 0.3) is 0 Å². The van der Waals surface area contributed by atoms with Crippen LogP contribution >= 0.6 is 15.9 Å². The summed E-state index contributed by atoms with van der Waals surface area (Å²) in [4.78, 5) is 0. The van der Waals surface area contributed by atoms with E-state index in [1.807, 2.05) is 36.4 Å². The molecule has 0 aliphatic heterocycles. The van der Waals surface area contributed by atoms with Crippen molar-refractivity contribution in [3.8, 4) is 11.8 Å². The highest BCUT2D eigenvalue weighted by Gasteiger charge is 1.95. The fraction of sp³-hybridized carbons (Fsp3) is 0.0667. The van der Waals surface area contributed by atoms with Gasteiger partial charge in [-0.1, -0.05) is 36.1 Å². The van der Waals surface area contributed by atoms with E-state index in [0.29, 0.717) is 0 Å². The molecule has 0 heterocycles. The molecule has 2 aromatic rings. The molecular formula is C15H11Br. The van der Waals surface area contributed by atoms with Gasteiger partial charge < -0.3 is 0 Å². The maximum atomic E-state index is 3.50. The summed E-state index contributed by atoms with van der Waals surface area (Å²) >= 11 is 3.50. The van der Waals surface area contributed by atoms with Gasteiger partial charge in [0.1, 0.15) is 0 Å². The molecule has 0 N–H and O–H groups in total. The van der Waals surface area contributed by atoms with Crippen LogP contribution in [0.1, 0.15) is 16.7 Å². The minimum absolute atomic E-state index is 1.03. The monoisotopic (exact) mass is 270 g/mol. The third kappa shape index (κ3) is 2.74. The highest BCUT2D eigenvalue weighted by molar-refractivity contribution is 9.10. The molecule has 0 spiro atoms. The number of rotatable bonds is 0. The Morgan fingerprint density at radius 3 is 2.44 bits per heavy atom. The van der Waals surface area contributed by atoms with Crippen LogP contribution in [0.5, 0.6) is 0 Å². The van der Waals surface area contributed by atoms with Crippen molar-refractivity contribution in [2.45, 2.75) is 6.92 Å². The van der Waals surface area contributed by atoms with Crippen LogP contribution in [0.4, 0.5) is 0 Å². The molecule has 0 unspecified atom stereocenters. The molecule has 0 saturated carbocycles. The van der Waals surface area contributed by atoms with Gasteiger partial charge in [0.2, 0.25) is 0 Å². The third-order valence-electron chi connectivity index (χ3n) is 2.24. The first kappa shape index (κ1) is 11.0. The van der Waals surface area contributed by atoms with Crippen LogP contribution in [0.3, 0.4) is 0 Å². The molecule has 0 fully saturated rings. The lowest BCUT2D eigenvalue weighted by Gasteiger charge is -1.97. The van der Waals surface area contributed by atoms with Crippen LogP contribution in [0, 0.1) is 18.8 Å². The molecule has 0 aliphatic carbocycles. The normalized spacial score (nSPS) is 9.38. The van der Waals surface area contributed by atoms with Crippen molar-refractivity contribution in [3.05, 3.63) is 69.7 Å². The van der Waals surface area contributed by atoms with Gasteiger partial charge in [-0.2, -0.15) is 0 Å². The second kappa shape index (κ2) is 5.01. The fourth-order valence-corrected chi connectivity index (χ4v) is 1.74. The van der Waals surface area contributed by atoms with Crippen LogP contribution in [-0.2, 0) is 0 Å². The molecule has 1 heteroatoms. The quantitative estimate of drug-likeness (QED) is 0.631. The van der Waals surface area contributed by atoms with Crippen molar-refractivity contribution in [2.24, 2.45) is 0 Å². The second-order valence-electron chi connectivity index (χ2n) is 3.60. The van der Waals surface area contributed by atoms with E-state index < -0.39 is 0 Å². The van der Waals surface area contributed by atoms with Crippen molar-refractivity contribution >= 4 is 15.9 Å². The van der Waals surface area contributed by atoms with E-state index in [-0.39, 0.29) is 0 Å². The molecule has 0 bridgehead atoms. The van der Waals surface area contributed by atoms with E-state index in [1.54, 1.807) is 0 Å². The van der Waals surface area contributed by atoms with Gasteiger partial charge in [0.05, 0.1) is 0 Å². The van der Waals surface area contributed by atoms with Gasteiger partial charge in [0, 0.05) is 15.6 Å². The van der Waals surface area contributed by atoms with Crippen LogP contribution in [0.25, 0.3) is 0 Å².